The van der Waals surface area contributed by atoms with Crippen molar-refractivity contribution in [2.24, 2.45) is 0 Å². The number of rotatable bonds is 4. The van der Waals surface area contributed by atoms with E-state index in [2.05, 4.69) is 37.2 Å². The monoisotopic (exact) mass is 312 g/mol. The van der Waals surface area contributed by atoms with Gasteiger partial charge >= 0.3 is 0 Å². The molecule has 3 heterocycles. The fraction of sp³-hybridized carbons (Fsp3) is 0.786. The fourth-order valence-corrected chi connectivity index (χ4v) is 4.80. The molecule has 6 heteroatoms. The van der Waals surface area contributed by atoms with E-state index in [-0.39, 0.29) is 0 Å². The average Bonchev–Trinajstić information content (AvgIpc) is 2.97. The van der Waals surface area contributed by atoms with Crippen LogP contribution >= 0.6 is 23.1 Å². The first-order valence-corrected chi connectivity index (χ1v) is 9.55. The van der Waals surface area contributed by atoms with Crippen LogP contribution in [0.4, 0.5) is 5.13 Å². The van der Waals surface area contributed by atoms with Crippen LogP contribution < -0.4 is 5.32 Å². The fourth-order valence-electron chi connectivity index (χ4n) is 3.06. The van der Waals surface area contributed by atoms with Crippen LogP contribution in [0.5, 0.6) is 0 Å². The molecule has 0 radical (unpaired) electrons. The van der Waals surface area contributed by atoms with Crippen LogP contribution in [0.1, 0.15) is 18.5 Å². The first kappa shape index (κ1) is 14.6. The molecule has 3 rings (SSSR count). The minimum atomic E-state index is 0.855. The summed E-state index contributed by atoms with van der Waals surface area (Å²) in [5, 5.41) is 6.32. The van der Waals surface area contributed by atoms with Crippen LogP contribution in [0.2, 0.25) is 0 Å². The predicted octanol–water partition coefficient (Wildman–Crippen LogP) is 2.20. The van der Waals surface area contributed by atoms with E-state index in [1.807, 2.05) is 7.05 Å². The molecular formula is C14H24N4S2. The molecular weight excluding hydrogens is 288 g/mol. The predicted molar refractivity (Wildman–Crippen MR) is 88.9 cm³/mol. The Morgan fingerprint density at radius 2 is 2.00 bits per heavy atom. The van der Waals surface area contributed by atoms with Gasteiger partial charge in [0, 0.05) is 51.2 Å². The van der Waals surface area contributed by atoms with Gasteiger partial charge < -0.3 is 5.32 Å². The van der Waals surface area contributed by atoms with Gasteiger partial charge in [-0.3, -0.25) is 9.80 Å². The molecule has 2 fully saturated rings. The average molecular weight is 313 g/mol. The highest BCUT2D eigenvalue weighted by atomic mass is 32.2. The Labute approximate surface area is 129 Å². The zero-order valence-electron chi connectivity index (χ0n) is 12.2. The van der Waals surface area contributed by atoms with Gasteiger partial charge in [0.25, 0.3) is 0 Å². The SMILES string of the molecule is CNc1nc(CN2CCN(C3CCSCC3)CC2)cs1. The molecule has 1 aromatic rings. The van der Waals surface area contributed by atoms with Crippen LogP contribution in [-0.4, -0.2) is 65.6 Å². The maximum Gasteiger partial charge on any atom is 0.182 e. The number of nitrogens with one attached hydrogen (secondary N) is 1. The van der Waals surface area contributed by atoms with E-state index in [4.69, 9.17) is 0 Å². The Bertz CT molecular complexity index is 409. The summed E-state index contributed by atoms with van der Waals surface area (Å²) >= 11 is 3.82. The molecule has 0 aromatic carbocycles. The van der Waals surface area contributed by atoms with Crippen molar-refractivity contribution in [3.05, 3.63) is 11.1 Å². The lowest BCUT2D eigenvalue weighted by atomic mass is 10.1. The normalized spacial score (nSPS) is 23.1. The molecule has 2 saturated heterocycles. The van der Waals surface area contributed by atoms with E-state index in [0.29, 0.717) is 0 Å². The van der Waals surface area contributed by atoms with E-state index in [1.165, 1.54) is 56.2 Å². The number of hydrogen-bond donors (Lipinski definition) is 1. The van der Waals surface area contributed by atoms with Crippen LogP contribution in [-0.2, 0) is 6.54 Å². The van der Waals surface area contributed by atoms with Gasteiger partial charge in [-0.2, -0.15) is 11.8 Å². The Kier molecular flexibility index (Phi) is 5.20. The first-order chi connectivity index (χ1) is 9.85. The third-order valence-corrected chi connectivity index (χ3v) is 6.22. The lowest BCUT2D eigenvalue weighted by molar-refractivity contribution is 0.0874. The molecule has 4 nitrogen and oxygen atoms in total. The second-order valence-electron chi connectivity index (χ2n) is 5.55. The summed E-state index contributed by atoms with van der Waals surface area (Å²) in [6.45, 7) is 5.86. The van der Waals surface area contributed by atoms with Gasteiger partial charge in [-0.1, -0.05) is 0 Å². The molecule has 2 aliphatic rings. The number of anilines is 1. The lowest BCUT2D eigenvalue weighted by Crippen LogP contribution is -2.50. The van der Waals surface area contributed by atoms with Gasteiger partial charge in [0.05, 0.1) is 5.69 Å². The molecule has 2 aliphatic heterocycles. The Morgan fingerprint density at radius 1 is 1.25 bits per heavy atom. The Hall–Kier alpha value is -0.300. The molecule has 0 unspecified atom stereocenters. The standard InChI is InChI=1S/C14H24N4S2/c1-15-14-16-12(11-20-14)10-17-4-6-18(7-5-17)13-2-8-19-9-3-13/h11,13H,2-10H2,1H3,(H,15,16). The number of hydrogen-bond acceptors (Lipinski definition) is 6. The number of nitrogens with zero attached hydrogens (tertiary/aromatic N) is 3. The van der Waals surface area contributed by atoms with Crippen LogP contribution in [0.15, 0.2) is 5.38 Å². The quantitative estimate of drug-likeness (QED) is 0.921. The minimum Gasteiger partial charge on any atom is -0.365 e. The van der Waals surface area contributed by atoms with Gasteiger partial charge in [0.15, 0.2) is 5.13 Å². The van der Waals surface area contributed by atoms with Crippen molar-refractivity contribution in [3.8, 4) is 0 Å². The van der Waals surface area contributed by atoms with E-state index in [9.17, 15) is 0 Å². The van der Waals surface area contributed by atoms with Crippen LogP contribution in [0.3, 0.4) is 0 Å². The van der Waals surface area contributed by atoms with Crippen LogP contribution in [0.25, 0.3) is 0 Å². The lowest BCUT2D eigenvalue weighted by Gasteiger charge is -2.40. The van der Waals surface area contributed by atoms with Crippen molar-refractivity contribution in [3.63, 3.8) is 0 Å². The summed E-state index contributed by atoms with van der Waals surface area (Å²) in [6.07, 6.45) is 2.78. The summed E-state index contributed by atoms with van der Waals surface area (Å²) in [6, 6.07) is 0.855. The summed E-state index contributed by atoms with van der Waals surface area (Å²) in [7, 11) is 1.93. The molecule has 0 amide bonds. The van der Waals surface area contributed by atoms with Crippen molar-refractivity contribution in [2.45, 2.75) is 25.4 Å². The zero-order chi connectivity index (χ0) is 13.8. The van der Waals surface area contributed by atoms with Crippen molar-refractivity contribution < 1.29 is 0 Å². The van der Waals surface area contributed by atoms with E-state index >= 15 is 0 Å². The molecule has 0 saturated carbocycles. The first-order valence-electron chi connectivity index (χ1n) is 7.51. The molecule has 0 bridgehead atoms. The number of thioether (sulfide) groups is 1. The van der Waals surface area contributed by atoms with Crippen molar-refractivity contribution in [1.82, 2.24) is 14.8 Å². The molecule has 1 N–H and O–H groups in total. The van der Waals surface area contributed by atoms with Crippen LogP contribution in [0, 0.1) is 0 Å². The van der Waals surface area contributed by atoms with Gasteiger partial charge in [0.2, 0.25) is 0 Å². The van der Waals surface area contributed by atoms with Crippen molar-refractivity contribution in [1.29, 1.82) is 0 Å². The second-order valence-corrected chi connectivity index (χ2v) is 7.63. The topological polar surface area (TPSA) is 31.4 Å². The molecule has 0 aliphatic carbocycles. The molecule has 112 valence electrons. The van der Waals surface area contributed by atoms with Gasteiger partial charge in [0.1, 0.15) is 0 Å². The third kappa shape index (κ3) is 3.67. The van der Waals surface area contributed by atoms with E-state index in [1.54, 1.807) is 11.3 Å². The molecule has 0 spiro atoms. The highest BCUT2D eigenvalue weighted by Crippen LogP contribution is 2.23. The number of thiazole rings is 1. The molecule has 0 atom stereocenters. The molecule has 1 aromatic heterocycles. The van der Waals surface area contributed by atoms with Crippen molar-refractivity contribution >= 4 is 28.2 Å². The van der Waals surface area contributed by atoms with E-state index in [0.717, 1.165) is 17.7 Å². The summed E-state index contributed by atoms with van der Waals surface area (Å²) in [4.78, 5) is 9.84. The summed E-state index contributed by atoms with van der Waals surface area (Å²) in [5.74, 6) is 2.72. The molecule has 20 heavy (non-hydrogen) atoms. The smallest absolute Gasteiger partial charge is 0.182 e. The summed E-state index contributed by atoms with van der Waals surface area (Å²) < 4.78 is 0. The van der Waals surface area contributed by atoms with Crippen molar-refractivity contribution in [2.75, 3.05) is 50.0 Å². The highest BCUT2D eigenvalue weighted by molar-refractivity contribution is 7.99. The number of aromatic nitrogens is 1. The number of piperazine rings is 1. The maximum atomic E-state index is 4.58. The zero-order valence-corrected chi connectivity index (χ0v) is 13.8. The van der Waals surface area contributed by atoms with E-state index < -0.39 is 0 Å². The largest absolute Gasteiger partial charge is 0.365 e. The Morgan fingerprint density at radius 3 is 2.65 bits per heavy atom. The minimum absolute atomic E-state index is 0.855. The summed E-state index contributed by atoms with van der Waals surface area (Å²) in [5.41, 5.74) is 1.21. The second kappa shape index (κ2) is 7.11. The Balaban J connectivity index is 1.45. The van der Waals surface area contributed by atoms with Gasteiger partial charge in [-0.05, 0) is 24.3 Å². The third-order valence-electron chi connectivity index (χ3n) is 4.27. The van der Waals surface area contributed by atoms with Gasteiger partial charge in [-0.25, -0.2) is 4.98 Å². The van der Waals surface area contributed by atoms with Gasteiger partial charge in [-0.15, -0.1) is 11.3 Å². The maximum absolute atomic E-state index is 4.58. The highest BCUT2D eigenvalue weighted by Gasteiger charge is 2.25.